The van der Waals surface area contributed by atoms with Gasteiger partial charge in [-0.2, -0.15) is 0 Å². The topological polar surface area (TPSA) is 44.5 Å². The van der Waals surface area contributed by atoms with Crippen molar-refractivity contribution in [2.24, 2.45) is 11.7 Å². The van der Waals surface area contributed by atoms with Gasteiger partial charge in [-0.05, 0) is 65.4 Å². The molecule has 0 spiro atoms. The van der Waals surface area contributed by atoms with Crippen molar-refractivity contribution in [3.63, 3.8) is 0 Å². The van der Waals surface area contributed by atoms with Gasteiger partial charge in [0.15, 0.2) is 11.5 Å². The van der Waals surface area contributed by atoms with E-state index < -0.39 is 0 Å². The summed E-state index contributed by atoms with van der Waals surface area (Å²) in [6.07, 6.45) is 3.06. The van der Waals surface area contributed by atoms with Crippen molar-refractivity contribution in [2.45, 2.75) is 33.1 Å². The van der Waals surface area contributed by atoms with E-state index in [0.29, 0.717) is 19.1 Å². The average molecular weight is 330 g/mol. The summed E-state index contributed by atoms with van der Waals surface area (Å²) in [4.78, 5) is 0. The van der Waals surface area contributed by atoms with E-state index in [1.54, 1.807) is 7.11 Å². The van der Waals surface area contributed by atoms with Crippen LogP contribution < -0.4 is 15.2 Å². The number of ether oxygens (including phenoxy) is 2. The molecule has 3 nitrogen and oxygen atoms in total. The number of halogens is 1. The second-order valence-electron chi connectivity index (χ2n) is 5.03. The first-order valence-electron chi connectivity index (χ1n) is 6.77. The minimum atomic E-state index is 0.629. The van der Waals surface area contributed by atoms with Crippen LogP contribution in [0.2, 0.25) is 0 Å². The van der Waals surface area contributed by atoms with E-state index in [0.717, 1.165) is 34.4 Å². The summed E-state index contributed by atoms with van der Waals surface area (Å²) in [6, 6.07) is 4.04. The lowest BCUT2D eigenvalue weighted by Gasteiger charge is -2.14. The number of nitrogens with two attached hydrogens (primary N) is 1. The Morgan fingerprint density at radius 2 is 2.05 bits per heavy atom. The normalized spacial score (nSPS) is 10.8. The van der Waals surface area contributed by atoms with E-state index in [4.69, 9.17) is 15.2 Å². The van der Waals surface area contributed by atoms with Crippen molar-refractivity contribution in [3.05, 3.63) is 22.2 Å². The highest BCUT2D eigenvalue weighted by atomic mass is 79.9. The quantitative estimate of drug-likeness (QED) is 0.738. The molecule has 108 valence electrons. The third-order valence-electron chi connectivity index (χ3n) is 2.89. The maximum Gasteiger partial charge on any atom is 0.175 e. The van der Waals surface area contributed by atoms with Crippen LogP contribution >= 0.6 is 15.9 Å². The fraction of sp³-hybridized carbons (Fsp3) is 0.600. The van der Waals surface area contributed by atoms with Gasteiger partial charge in [-0.1, -0.05) is 13.8 Å². The number of benzene rings is 1. The predicted molar refractivity (Wildman–Crippen MR) is 83.0 cm³/mol. The first kappa shape index (κ1) is 16.3. The summed E-state index contributed by atoms with van der Waals surface area (Å²) in [5.74, 6) is 2.26. The first-order chi connectivity index (χ1) is 9.08. The van der Waals surface area contributed by atoms with Crippen molar-refractivity contribution in [2.75, 3.05) is 20.3 Å². The van der Waals surface area contributed by atoms with E-state index in [1.165, 1.54) is 6.42 Å². The molecule has 2 N–H and O–H groups in total. The zero-order chi connectivity index (χ0) is 14.3. The second kappa shape index (κ2) is 8.43. The van der Waals surface area contributed by atoms with Crippen LogP contribution in [-0.2, 0) is 6.42 Å². The lowest BCUT2D eigenvalue weighted by molar-refractivity contribution is 0.278. The van der Waals surface area contributed by atoms with E-state index in [9.17, 15) is 0 Å². The Balaban J connectivity index is 2.70. The summed E-state index contributed by atoms with van der Waals surface area (Å²) in [5.41, 5.74) is 6.73. The number of methoxy groups -OCH3 is 1. The summed E-state index contributed by atoms with van der Waals surface area (Å²) in [7, 11) is 1.66. The molecule has 1 aromatic rings. The third kappa shape index (κ3) is 5.41. The van der Waals surface area contributed by atoms with Crippen LogP contribution in [0.25, 0.3) is 0 Å². The summed E-state index contributed by atoms with van der Waals surface area (Å²) in [5, 5.41) is 0. The molecule has 0 aliphatic carbocycles. The molecule has 0 fully saturated rings. The SMILES string of the molecule is COc1cc(CCN)cc(Br)c1OCCCC(C)C. The molecule has 1 aromatic carbocycles. The molecule has 0 aliphatic rings. The van der Waals surface area contributed by atoms with Crippen LogP contribution in [0.15, 0.2) is 16.6 Å². The van der Waals surface area contributed by atoms with Gasteiger partial charge in [0, 0.05) is 0 Å². The monoisotopic (exact) mass is 329 g/mol. The fourth-order valence-electron chi connectivity index (χ4n) is 1.89. The van der Waals surface area contributed by atoms with Crippen molar-refractivity contribution < 1.29 is 9.47 Å². The zero-order valence-corrected chi connectivity index (χ0v) is 13.6. The van der Waals surface area contributed by atoms with Crippen LogP contribution in [-0.4, -0.2) is 20.3 Å². The van der Waals surface area contributed by atoms with Gasteiger partial charge in [0.05, 0.1) is 18.2 Å². The smallest absolute Gasteiger partial charge is 0.175 e. The van der Waals surface area contributed by atoms with Gasteiger partial charge >= 0.3 is 0 Å². The molecule has 4 heteroatoms. The fourth-order valence-corrected chi connectivity index (χ4v) is 2.49. The Morgan fingerprint density at radius 3 is 2.63 bits per heavy atom. The molecule has 0 saturated heterocycles. The first-order valence-corrected chi connectivity index (χ1v) is 7.57. The lowest BCUT2D eigenvalue weighted by atomic mass is 10.1. The molecular weight excluding hydrogens is 306 g/mol. The van der Waals surface area contributed by atoms with E-state index in [2.05, 4.69) is 29.8 Å². The molecule has 0 radical (unpaired) electrons. The maximum absolute atomic E-state index is 5.84. The van der Waals surface area contributed by atoms with Gasteiger partial charge in [0.25, 0.3) is 0 Å². The molecule has 0 atom stereocenters. The van der Waals surface area contributed by atoms with Gasteiger partial charge in [-0.25, -0.2) is 0 Å². The van der Waals surface area contributed by atoms with Crippen molar-refractivity contribution in [1.29, 1.82) is 0 Å². The molecule has 19 heavy (non-hydrogen) atoms. The highest BCUT2D eigenvalue weighted by Gasteiger charge is 2.11. The van der Waals surface area contributed by atoms with Crippen LogP contribution in [0.3, 0.4) is 0 Å². The Kier molecular flexibility index (Phi) is 7.24. The van der Waals surface area contributed by atoms with Gasteiger partial charge in [-0.15, -0.1) is 0 Å². The molecule has 1 rings (SSSR count). The molecule has 0 heterocycles. The average Bonchev–Trinajstić information content (AvgIpc) is 2.36. The highest BCUT2D eigenvalue weighted by Crippen LogP contribution is 2.36. The number of rotatable bonds is 8. The Hall–Kier alpha value is -0.740. The van der Waals surface area contributed by atoms with Gasteiger partial charge < -0.3 is 15.2 Å². The Bertz CT molecular complexity index is 394. The summed E-state index contributed by atoms with van der Waals surface area (Å²) < 4.78 is 12.2. The molecular formula is C15H24BrNO2. The van der Waals surface area contributed by atoms with Crippen LogP contribution in [0.5, 0.6) is 11.5 Å². The minimum absolute atomic E-state index is 0.629. The van der Waals surface area contributed by atoms with Gasteiger partial charge in [0.2, 0.25) is 0 Å². The number of hydrogen-bond donors (Lipinski definition) is 1. The molecule has 0 unspecified atom stereocenters. The van der Waals surface area contributed by atoms with Crippen molar-refractivity contribution >= 4 is 15.9 Å². The zero-order valence-electron chi connectivity index (χ0n) is 12.0. The van der Waals surface area contributed by atoms with E-state index in [-0.39, 0.29) is 0 Å². The summed E-state index contributed by atoms with van der Waals surface area (Å²) >= 11 is 3.54. The summed E-state index contributed by atoms with van der Waals surface area (Å²) in [6.45, 7) is 5.78. The van der Waals surface area contributed by atoms with E-state index >= 15 is 0 Å². The molecule has 0 aliphatic heterocycles. The van der Waals surface area contributed by atoms with Gasteiger partial charge in [-0.3, -0.25) is 0 Å². The largest absolute Gasteiger partial charge is 0.493 e. The second-order valence-corrected chi connectivity index (χ2v) is 5.89. The maximum atomic E-state index is 5.84. The Morgan fingerprint density at radius 1 is 1.32 bits per heavy atom. The van der Waals surface area contributed by atoms with E-state index in [1.807, 2.05) is 12.1 Å². The predicted octanol–water partition coefficient (Wildman–Crippen LogP) is 3.77. The molecule has 0 amide bonds. The van der Waals surface area contributed by atoms with Crippen molar-refractivity contribution in [1.82, 2.24) is 0 Å². The molecule has 0 bridgehead atoms. The van der Waals surface area contributed by atoms with Crippen LogP contribution in [0.4, 0.5) is 0 Å². The minimum Gasteiger partial charge on any atom is -0.493 e. The van der Waals surface area contributed by atoms with Crippen LogP contribution in [0, 0.1) is 5.92 Å². The van der Waals surface area contributed by atoms with Gasteiger partial charge in [0.1, 0.15) is 0 Å². The van der Waals surface area contributed by atoms with Crippen molar-refractivity contribution in [3.8, 4) is 11.5 Å². The Labute approximate surface area is 124 Å². The molecule has 0 saturated carbocycles. The third-order valence-corrected chi connectivity index (χ3v) is 3.48. The lowest BCUT2D eigenvalue weighted by Crippen LogP contribution is -2.05. The standard InChI is InChI=1S/C15H24BrNO2/c1-11(2)5-4-8-19-15-13(16)9-12(6-7-17)10-14(15)18-3/h9-11H,4-8,17H2,1-3H3. The van der Waals surface area contributed by atoms with Crippen LogP contribution in [0.1, 0.15) is 32.3 Å². The number of hydrogen-bond acceptors (Lipinski definition) is 3. The highest BCUT2D eigenvalue weighted by molar-refractivity contribution is 9.10. The molecule has 0 aromatic heterocycles.